The Hall–Kier alpha value is -3.22. The maximum absolute atomic E-state index is 11.6. The summed E-state index contributed by atoms with van der Waals surface area (Å²) in [7, 11) is 0. The number of aliphatic carboxylic acids is 1. The Balaban J connectivity index is 1.27. The highest BCUT2D eigenvalue weighted by Gasteiger charge is 2.20. The van der Waals surface area contributed by atoms with Crippen LogP contribution < -0.4 is 9.61 Å². The van der Waals surface area contributed by atoms with Crippen molar-refractivity contribution in [2.45, 2.75) is 19.4 Å². The average molecular weight is 465 g/mol. The van der Waals surface area contributed by atoms with Crippen LogP contribution >= 0.6 is 23.6 Å². The van der Waals surface area contributed by atoms with Crippen molar-refractivity contribution in [3.8, 4) is 16.9 Å². The fourth-order valence-electron chi connectivity index (χ4n) is 3.03. The van der Waals surface area contributed by atoms with Gasteiger partial charge in [-0.25, -0.2) is 4.72 Å². The Bertz CT molecular complexity index is 1270. The van der Waals surface area contributed by atoms with Crippen LogP contribution in [0.3, 0.4) is 0 Å². The van der Waals surface area contributed by atoms with E-state index in [-0.39, 0.29) is 0 Å². The number of para-hydroxylation sites is 1. The summed E-state index contributed by atoms with van der Waals surface area (Å²) in [4.78, 5) is 20.9. The van der Waals surface area contributed by atoms with E-state index in [2.05, 4.69) is 21.5 Å². The number of H-pyrrole nitrogens is 1. The molecule has 0 saturated heterocycles. The number of fused-ring (bicyclic) bond motifs is 1. The molecule has 0 saturated carbocycles. The third-order valence-electron chi connectivity index (χ3n) is 4.70. The number of aryl methyl sites for hydroxylation is 1. The standard InChI is InChI=1S/C24H20N2O4S2/c1-16-6-8-17(9-7-16)10-11-19-12-13-23(31-19)29-30-32-26-22(24(27)28)14-18-15-25-21-5-3-2-4-20(18)21/h2-9,12-13,15,22,25-26H,14H2,1H3,(H,27,28). The second kappa shape index (κ2) is 10.4. The lowest BCUT2D eigenvalue weighted by Crippen LogP contribution is -2.34. The molecule has 8 heteroatoms. The van der Waals surface area contributed by atoms with E-state index in [0.29, 0.717) is 11.5 Å². The van der Waals surface area contributed by atoms with Crippen molar-refractivity contribution in [3.63, 3.8) is 0 Å². The smallest absolute Gasteiger partial charge is 0.321 e. The highest BCUT2D eigenvalue weighted by atomic mass is 32.2. The SMILES string of the molecule is Cc1ccc(C#Cc2ccc(OOSNC(Cc3c[nH]c4ccccc34)C(=O)O)s2)cc1. The van der Waals surface area contributed by atoms with Crippen LogP contribution in [0, 0.1) is 18.8 Å². The van der Waals surface area contributed by atoms with Crippen molar-refractivity contribution in [2.24, 2.45) is 0 Å². The maximum atomic E-state index is 11.6. The van der Waals surface area contributed by atoms with Gasteiger partial charge in [-0.05, 0) is 42.8 Å². The van der Waals surface area contributed by atoms with E-state index >= 15 is 0 Å². The Morgan fingerprint density at radius 3 is 2.78 bits per heavy atom. The molecule has 2 aromatic heterocycles. The molecule has 32 heavy (non-hydrogen) atoms. The normalized spacial score (nSPS) is 11.7. The number of hydrogen-bond donors (Lipinski definition) is 3. The Labute approximate surface area is 193 Å². The third kappa shape index (κ3) is 5.72. The molecule has 1 unspecified atom stereocenters. The number of nitrogens with one attached hydrogen (secondary N) is 2. The average Bonchev–Trinajstić information content (AvgIpc) is 3.42. The number of carboxylic acids is 1. The predicted molar refractivity (Wildman–Crippen MR) is 127 cm³/mol. The van der Waals surface area contributed by atoms with Gasteiger partial charge in [-0.3, -0.25) is 4.79 Å². The molecular weight excluding hydrogens is 444 g/mol. The molecule has 0 fully saturated rings. The van der Waals surface area contributed by atoms with Gasteiger partial charge in [0, 0.05) is 29.1 Å². The zero-order valence-corrected chi connectivity index (χ0v) is 18.8. The van der Waals surface area contributed by atoms with Gasteiger partial charge in [-0.2, -0.15) is 0 Å². The highest BCUT2D eigenvalue weighted by Crippen LogP contribution is 2.25. The number of benzene rings is 2. The fourth-order valence-corrected chi connectivity index (χ4v) is 4.18. The lowest BCUT2D eigenvalue weighted by atomic mass is 10.1. The minimum atomic E-state index is -0.976. The number of rotatable bonds is 8. The van der Waals surface area contributed by atoms with E-state index in [1.54, 1.807) is 6.07 Å². The first kappa shape index (κ1) is 22.0. The minimum absolute atomic E-state index is 0.299. The predicted octanol–water partition coefficient (Wildman–Crippen LogP) is 5.10. The number of carboxylic acid groups (broad SMARTS) is 1. The summed E-state index contributed by atoms with van der Waals surface area (Å²) >= 11 is 2.08. The molecule has 0 aliphatic heterocycles. The summed E-state index contributed by atoms with van der Waals surface area (Å²) in [5.74, 6) is 5.23. The van der Waals surface area contributed by atoms with E-state index in [0.717, 1.165) is 39.1 Å². The number of aromatic nitrogens is 1. The van der Waals surface area contributed by atoms with Crippen molar-refractivity contribution in [1.82, 2.24) is 9.71 Å². The molecule has 4 aromatic rings. The van der Waals surface area contributed by atoms with Crippen LogP contribution in [-0.4, -0.2) is 22.1 Å². The van der Waals surface area contributed by atoms with Crippen molar-refractivity contribution in [2.75, 3.05) is 0 Å². The molecule has 2 aromatic carbocycles. The number of hydrogen-bond acceptors (Lipinski definition) is 6. The van der Waals surface area contributed by atoms with Crippen molar-refractivity contribution in [1.29, 1.82) is 0 Å². The van der Waals surface area contributed by atoms with Crippen LogP contribution in [0.2, 0.25) is 0 Å². The lowest BCUT2D eigenvalue weighted by Gasteiger charge is -2.12. The van der Waals surface area contributed by atoms with Gasteiger partial charge in [-0.1, -0.05) is 63.4 Å². The first-order valence-electron chi connectivity index (χ1n) is 9.80. The van der Waals surface area contributed by atoms with Crippen LogP contribution in [0.25, 0.3) is 10.9 Å². The number of carbonyl (C=O) groups is 1. The maximum Gasteiger partial charge on any atom is 0.321 e. The molecule has 2 heterocycles. The minimum Gasteiger partial charge on any atom is -0.480 e. The molecule has 0 spiro atoms. The third-order valence-corrected chi connectivity index (χ3v) is 6.08. The Morgan fingerprint density at radius 2 is 1.97 bits per heavy atom. The zero-order chi connectivity index (χ0) is 22.3. The first-order chi connectivity index (χ1) is 15.6. The van der Waals surface area contributed by atoms with Gasteiger partial charge in [-0.15, -0.1) is 0 Å². The van der Waals surface area contributed by atoms with Gasteiger partial charge < -0.3 is 15.0 Å². The van der Waals surface area contributed by atoms with Gasteiger partial charge in [0.05, 0.1) is 4.88 Å². The molecule has 3 N–H and O–H groups in total. The summed E-state index contributed by atoms with van der Waals surface area (Å²) < 4.78 is 7.88. The summed E-state index contributed by atoms with van der Waals surface area (Å²) in [6.45, 7) is 2.04. The van der Waals surface area contributed by atoms with Crippen LogP contribution in [-0.2, 0) is 15.5 Å². The van der Waals surface area contributed by atoms with Crippen LogP contribution in [0.1, 0.15) is 21.6 Å². The number of thiophene rings is 1. The molecule has 6 nitrogen and oxygen atoms in total. The molecule has 1 atom stereocenters. The zero-order valence-electron chi connectivity index (χ0n) is 17.1. The van der Waals surface area contributed by atoms with Gasteiger partial charge in [0.2, 0.25) is 5.06 Å². The Kier molecular flexibility index (Phi) is 7.14. The first-order valence-corrected chi connectivity index (χ1v) is 11.4. The Morgan fingerprint density at radius 1 is 1.16 bits per heavy atom. The van der Waals surface area contributed by atoms with Crippen molar-refractivity contribution < 1.29 is 19.1 Å². The molecule has 0 aliphatic carbocycles. The second-order valence-electron chi connectivity index (χ2n) is 7.04. The van der Waals surface area contributed by atoms with E-state index < -0.39 is 12.0 Å². The molecule has 162 valence electrons. The van der Waals surface area contributed by atoms with Gasteiger partial charge in [0.25, 0.3) is 0 Å². The molecule has 0 bridgehead atoms. The van der Waals surface area contributed by atoms with E-state index in [1.165, 1.54) is 16.9 Å². The monoisotopic (exact) mass is 464 g/mol. The molecule has 0 amide bonds. The molecule has 0 aliphatic rings. The largest absolute Gasteiger partial charge is 0.480 e. The highest BCUT2D eigenvalue weighted by molar-refractivity contribution is 7.92. The van der Waals surface area contributed by atoms with Crippen LogP contribution in [0.4, 0.5) is 0 Å². The van der Waals surface area contributed by atoms with Gasteiger partial charge in [0.15, 0.2) is 0 Å². The van der Waals surface area contributed by atoms with E-state index in [4.69, 9.17) is 9.22 Å². The van der Waals surface area contributed by atoms with Crippen molar-refractivity contribution in [3.05, 3.63) is 88.4 Å². The van der Waals surface area contributed by atoms with Gasteiger partial charge in [0.1, 0.15) is 18.3 Å². The second-order valence-corrected chi connectivity index (χ2v) is 8.63. The summed E-state index contributed by atoms with van der Waals surface area (Å²) in [6, 6.07) is 18.5. The molecular formula is C24H20N2O4S2. The summed E-state index contributed by atoms with van der Waals surface area (Å²) in [5.41, 5.74) is 4.02. The number of aromatic amines is 1. The van der Waals surface area contributed by atoms with Gasteiger partial charge >= 0.3 is 5.97 Å². The topological polar surface area (TPSA) is 83.6 Å². The molecule has 0 radical (unpaired) electrons. The van der Waals surface area contributed by atoms with Crippen LogP contribution in [0.15, 0.2) is 66.9 Å². The summed E-state index contributed by atoms with van der Waals surface area (Å²) in [5, 5.41) is 11.1. The summed E-state index contributed by atoms with van der Waals surface area (Å²) in [6.07, 6.45) is 2.13. The molecule has 4 rings (SSSR count). The van der Waals surface area contributed by atoms with E-state index in [9.17, 15) is 9.90 Å². The quantitative estimate of drug-likeness (QED) is 0.0841. The lowest BCUT2D eigenvalue weighted by molar-refractivity contribution is -0.139. The van der Waals surface area contributed by atoms with Crippen molar-refractivity contribution >= 4 is 40.4 Å². The van der Waals surface area contributed by atoms with E-state index in [1.807, 2.05) is 67.7 Å². The van der Waals surface area contributed by atoms with Crippen LogP contribution in [0.5, 0.6) is 5.06 Å². The fraction of sp³-hybridized carbons (Fsp3) is 0.125.